The van der Waals surface area contributed by atoms with Gasteiger partial charge in [-0.05, 0) is 56.1 Å². The highest BCUT2D eigenvalue weighted by Crippen LogP contribution is 2.34. The van der Waals surface area contributed by atoms with Crippen molar-refractivity contribution in [1.82, 2.24) is 9.88 Å². The lowest BCUT2D eigenvalue weighted by Gasteiger charge is -2.31. The average molecular weight is 253 g/mol. The molecule has 0 saturated carbocycles. The molecule has 1 aliphatic heterocycles. The summed E-state index contributed by atoms with van der Waals surface area (Å²) in [6, 6.07) is 8.24. The highest BCUT2D eigenvalue weighted by atomic mass is 15.1. The van der Waals surface area contributed by atoms with Crippen molar-refractivity contribution in [1.29, 1.82) is 5.26 Å². The SMILES string of the molecule is CCN1CCC(c2c[nH]c3cccc(C#N)c23)CC1. The minimum Gasteiger partial charge on any atom is -0.361 e. The Morgan fingerprint density at radius 3 is 2.84 bits per heavy atom. The van der Waals surface area contributed by atoms with Crippen LogP contribution in [0.3, 0.4) is 0 Å². The van der Waals surface area contributed by atoms with E-state index in [1.807, 2.05) is 12.1 Å². The lowest BCUT2D eigenvalue weighted by Crippen LogP contribution is -2.32. The fourth-order valence-electron chi connectivity index (χ4n) is 3.19. The average Bonchev–Trinajstić information content (AvgIpc) is 2.91. The summed E-state index contributed by atoms with van der Waals surface area (Å²) in [5, 5.41) is 10.4. The fraction of sp³-hybridized carbons (Fsp3) is 0.438. The number of nitriles is 1. The van der Waals surface area contributed by atoms with Crippen molar-refractivity contribution in [2.75, 3.05) is 19.6 Å². The smallest absolute Gasteiger partial charge is 0.0998 e. The van der Waals surface area contributed by atoms with Gasteiger partial charge < -0.3 is 9.88 Å². The highest BCUT2D eigenvalue weighted by Gasteiger charge is 2.22. The molecule has 2 heterocycles. The topological polar surface area (TPSA) is 42.8 Å². The summed E-state index contributed by atoms with van der Waals surface area (Å²) >= 11 is 0. The first-order valence-electron chi connectivity index (χ1n) is 7.06. The van der Waals surface area contributed by atoms with E-state index in [9.17, 15) is 5.26 Å². The molecule has 1 aromatic carbocycles. The second-order valence-electron chi connectivity index (χ2n) is 5.29. The van der Waals surface area contributed by atoms with Gasteiger partial charge in [-0.1, -0.05) is 13.0 Å². The van der Waals surface area contributed by atoms with E-state index in [0.29, 0.717) is 5.92 Å². The molecule has 1 aromatic heterocycles. The van der Waals surface area contributed by atoms with Crippen LogP contribution in [0.25, 0.3) is 10.9 Å². The molecule has 1 saturated heterocycles. The summed E-state index contributed by atoms with van der Waals surface area (Å²) in [6.45, 7) is 5.70. The predicted molar refractivity (Wildman–Crippen MR) is 77.1 cm³/mol. The third-order valence-corrected chi connectivity index (χ3v) is 4.33. The molecule has 0 atom stereocenters. The Labute approximate surface area is 113 Å². The van der Waals surface area contributed by atoms with Gasteiger partial charge in [0.25, 0.3) is 0 Å². The fourth-order valence-corrected chi connectivity index (χ4v) is 3.19. The summed E-state index contributed by atoms with van der Waals surface area (Å²) in [6.07, 6.45) is 4.50. The number of aromatic nitrogens is 1. The number of H-pyrrole nitrogens is 1. The molecule has 1 N–H and O–H groups in total. The van der Waals surface area contributed by atoms with Gasteiger partial charge in [0.05, 0.1) is 11.6 Å². The molecule has 3 rings (SSSR count). The minimum absolute atomic E-state index is 0.589. The Morgan fingerprint density at radius 2 is 2.16 bits per heavy atom. The maximum absolute atomic E-state index is 9.28. The third-order valence-electron chi connectivity index (χ3n) is 4.33. The van der Waals surface area contributed by atoms with Crippen molar-refractivity contribution < 1.29 is 0 Å². The number of piperidine rings is 1. The second kappa shape index (κ2) is 5.07. The zero-order chi connectivity index (χ0) is 13.2. The Hall–Kier alpha value is -1.79. The second-order valence-corrected chi connectivity index (χ2v) is 5.29. The van der Waals surface area contributed by atoms with Gasteiger partial charge in [0.2, 0.25) is 0 Å². The van der Waals surface area contributed by atoms with Gasteiger partial charge >= 0.3 is 0 Å². The Balaban J connectivity index is 1.96. The van der Waals surface area contributed by atoms with Crippen molar-refractivity contribution in [3.05, 3.63) is 35.5 Å². The molecule has 1 aliphatic rings. The molecule has 0 radical (unpaired) electrons. The van der Waals surface area contributed by atoms with Crippen LogP contribution in [0.2, 0.25) is 0 Å². The zero-order valence-corrected chi connectivity index (χ0v) is 11.3. The van der Waals surface area contributed by atoms with Crippen LogP contribution in [0.1, 0.15) is 36.8 Å². The van der Waals surface area contributed by atoms with Gasteiger partial charge in [-0.2, -0.15) is 5.26 Å². The van der Waals surface area contributed by atoms with Crippen LogP contribution in [0, 0.1) is 11.3 Å². The number of hydrogen-bond acceptors (Lipinski definition) is 2. The molecule has 0 aliphatic carbocycles. The standard InChI is InChI=1S/C16H19N3/c1-2-19-8-6-12(7-9-19)14-11-18-15-5-3-4-13(10-17)16(14)15/h3-5,11-12,18H,2,6-9H2,1H3. The van der Waals surface area contributed by atoms with E-state index in [1.165, 1.54) is 31.5 Å². The van der Waals surface area contributed by atoms with Crippen molar-refractivity contribution in [2.45, 2.75) is 25.7 Å². The molecule has 3 heteroatoms. The van der Waals surface area contributed by atoms with Crippen LogP contribution in [0.4, 0.5) is 0 Å². The zero-order valence-electron chi connectivity index (χ0n) is 11.3. The van der Waals surface area contributed by atoms with Crippen molar-refractivity contribution in [3.63, 3.8) is 0 Å². The van der Waals surface area contributed by atoms with E-state index in [1.54, 1.807) is 0 Å². The third kappa shape index (κ3) is 2.13. The summed E-state index contributed by atoms with van der Waals surface area (Å²) in [5.41, 5.74) is 3.22. The number of nitrogens with zero attached hydrogens (tertiary/aromatic N) is 2. The molecule has 19 heavy (non-hydrogen) atoms. The summed E-state index contributed by atoms with van der Waals surface area (Å²) in [5.74, 6) is 0.589. The first kappa shape index (κ1) is 12.3. The van der Waals surface area contributed by atoms with Crippen LogP contribution in [-0.4, -0.2) is 29.5 Å². The molecule has 2 aromatic rings. The maximum Gasteiger partial charge on any atom is 0.0998 e. The molecule has 1 fully saturated rings. The van der Waals surface area contributed by atoms with Gasteiger partial charge in [-0.3, -0.25) is 0 Å². The number of nitrogens with one attached hydrogen (secondary N) is 1. The molecule has 0 unspecified atom stereocenters. The maximum atomic E-state index is 9.28. The van der Waals surface area contributed by atoms with E-state index in [2.05, 4.69) is 35.1 Å². The van der Waals surface area contributed by atoms with E-state index < -0.39 is 0 Å². The number of hydrogen-bond donors (Lipinski definition) is 1. The molecule has 0 amide bonds. The van der Waals surface area contributed by atoms with Gasteiger partial charge in [0.15, 0.2) is 0 Å². The molecule has 0 spiro atoms. The number of likely N-dealkylation sites (tertiary alicyclic amines) is 1. The lowest BCUT2D eigenvalue weighted by molar-refractivity contribution is 0.223. The van der Waals surface area contributed by atoms with Gasteiger partial charge in [0, 0.05) is 17.1 Å². The Kier molecular flexibility index (Phi) is 3.27. The molecular formula is C16H19N3. The Bertz CT molecular complexity index is 612. The van der Waals surface area contributed by atoms with Crippen LogP contribution in [-0.2, 0) is 0 Å². The molecule has 0 bridgehead atoms. The lowest BCUT2D eigenvalue weighted by atomic mass is 9.88. The highest BCUT2D eigenvalue weighted by molar-refractivity contribution is 5.89. The molecule has 3 nitrogen and oxygen atoms in total. The number of aromatic amines is 1. The minimum atomic E-state index is 0.589. The first-order chi connectivity index (χ1) is 9.33. The summed E-state index contributed by atoms with van der Waals surface area (Å²) < 4.78 is 0. The van der Waals surface area contributed by atoms with E-state index >= 15 is 0 Å². The van der Waals surface area contributed by atoms with Gasteiger partial charge in [0.1, 0.15) is 0 Å². The van der Waals surface area contributed by atoms with Crippen LogP contribution < -0.4 is 0 Å². The molecule has 98 valence electrons. The quantitative estimate of drug-likeness (QED) is 0.892. The monoisotopic (exact) mass is 253 g/mol. The van der Waals surface area contributed by atoms with E-state index in [-0.39, 0.29) is 0 Å². The van der Waals surface area contributed by atoms with Crippen molar-refractivity contribution in [3.8, 4) is 6.07 Å². The predicted octanol–water partition coefficient (Wildman–Crippen LogP) is 3.24. The summed E-state index contributed by atoms with van der Waals surface area (Å²) in [4.78, 5) is 5.82. The summed E-state index contributed by atoms with van der Waals surface area (Å²) in [7, 11) is 0. The molecular weight excluding hydrogens is 234 g/mol. The Morgan fingerprint density at radius 1 is 1.37 bits per heavy atom. The van der Waals surface area contributed by atoms with Crippen LogP contribution >= 0.6 is 0 Å². The van der Waals surface area contributed by atoms with Gasteiger partial charge in [-0.25, -0.2) is 0 Å². The van der Waals surface area contributed by atoms with Crippen LogP contribution in [0.5, 0.6) is 0 Å². The number of fused-ring (bicyclic) bond motifs is 1. The van der Waals surface area contributed by atoms with E-state index in [4.69, 9.17) is 0 Å². The first-order valence-corrected chi connectivity index (χ1v) is 7.06. The van der Waals surface area contributed by atoms with Crippen molar-refractivity contribution >= 4 is 10.9 Å². The number of rotatable bonds is 2. The largest absolute Gasteiger partial charge is 0.361 e. The number of benzene rings is 1. The van der Waals surface area contributed by atoms with Crippen molar-refractivity contribution in [2.24, 2.45) is 0 Å². The van der Waals surface area contributed by atoms with Crippen LogP contribution in [0.15, 0.2) is 24.4 Å². The van der Waals surface area contributed by atoms with E-state index in [0.717, 1.165) is 23.0 Å². The normalized spacial score (nSPS) is 17.7. The van der Waals surface area contributed by atoms with Gasteiger partial charge in [-0.15, -0.1) is 0 Å².